The van der Waals surface area contributed by atoms with Gasteiger partial charge in [0.05, 0.1) is 0 Å². The number of amides is 4. The minimum absolute atomic E-state index is 0.0704. The summed E-state index contributed by atoms with van der Waals surface area (Å²) < 4.78 is 0. The van der Waals surface area contributed by atoms with Crippen molar-refractivity contribution in [3.05, 3.63) is 60.2 Å². The third kappa shape index (κ3) is 5.98. The number of hydrazine groups is 1. The lowest BCUT2D eigenvalue weighted by atomic mass is 10.2. The predicted octanol–water partition coefficient (Wildman–Crippen LogP) is 2.89. The van der Waals surface area contributed by atoms with Gasteiger partial charge in [-0.25, -0.2) is 10.2 Å². The molecule has 0 saturated carbocycles. The van der Waals surface area contributed by atoms with Gasteiger partial charge in [-0.3, -0.25) is 15.0 Å². The minimum Gasteiger partial charge on any atom is -0.326 e. The second kappa shape index (κ2) is 9.07. The lowest BCUT2D eigenvalue weighted by molar-refractivity contribution is -0.116. The second-order valence-electron chi connectivity index (χ2n) is 5.27. The largest absolute Gasteiger partial charge is 0.337 e. The third-order valence-electron chi connectivity index (χ3n) is 3.23. The highest BCUT2D eigenvalue weighted by molar-refractivity contribution is 5.98. The van der Waals surface area contributed by atoms with E-state index in [2.05, 4.69) is 21.5 Å². The number of para-hydroxylation sites is 1. The van der Waals surface area contributed by atoms with E-state index in [4.69, 9.17) is 0 Å². The molecule has 0 aliphatic heterocycles. The Hall–Kier alpha value is -3.35. The molecule has 0 spiro atoms. The van der Waals surface area contributed by atoms with E-state index in [1.807, 2.05) is 13.0 Å². The van der Waals surface area contributed by atoms with Crippen LogP contribution in [0.2, 0.25) is 0 Å². The van der Waals surface area contributed by atoms with Crippen LogP contribution in [0.15, 0.2) is 54.6 Å². The molecule has 0 aromatic heterocycles. The lowest BCUT2D eigenvalue weighted by Gasteiger charge is -2.09. The van der Waals surface area contributed by atoms with Crippen LogP contribution in [0.1, 0.15) is 30.1 Å². The maximum Gasteiger partial charge on any atom is 0.337 e. The standard InChI is InChI=1S/C18H20N4O3/c1-2-6-16(23)19-15-11-9-13(10-12-15)17(24)21-22-18(25)20-14-7-4-3-5-8-14/h3-5,7-12H,2,6H2,1H3,(H,19,23)(H,21,24)(H2,20,22,25). The monoisotopic (exact) mass is 340 g/mol. The quantitative estimate of drug-likeness (QED) is 0.630. The van der Waals surface area contributed by atoms with Gasteiger partial charge in [-0.15, -0.1) is 0 Å². The summed E-state index contributed by atoms with van der Waals surface area (Å²) in [6, 6.07) is 14.7. The first-order valence-corrected chi connectivity index (χ1v) is 7.91. The molecule has 4 amide bonds. The fraction of sp³-hybridized carbons (Fsp3) is 0.167. The molecular weight excluding hydrogens is 320 g/mol. The fourth-order valence-corrected chi connectivity index (χ4v) is 2.03. The zero-order chi connectivity index (χ0) is 18.1. The highest BCUT2D eigenvalue weighted by Crippen LogP contribution is 2.10. The van der Waals surface area contributed by atoms with E-state index in [-0.39, 0.29) is 5.91 Å². The molecule has 0 radical (unpaired) electrons. The molecule has 0 aliphatic carbocycles. The van der Waals surface area contributed by atoms with E-state index in [0.29, 0.717) is 23.4 Å². The van der Waals surface area contributed by atoms with Gasteiger partial charge in [-0.05, 0) is 42.8 Å². The summed E-state index contributed by atoms with van der Waals surface area (Å²) >= 11 is 0. The van der Waals surface area contributed by atoms with Crippen molar-refractivity contribution in [1.29, 1.82) is 0 Å². The van der Waals surface area contributed by atoms with Crippen LogP contribution in [0.4, 0.5) is 16.2 Å². The molecule has 2 aromatic carbocycles. The second-order valence-corrected chi connectivity index (χ2v) is 5.27. The number of anilines is 2. The van der Waals surface area contributed by atoms with E-state index >= 15 is 0 Å². The average molecular weight is 340 g/mol. The Morgan fingerprint density at radius 1 is 0.800 bits per heavy atom. The summed E-state index contributed by atoms with van der Waals surface area (Å²) in [6.07, 6.45) is 1.21. The van der Waals surface area contributed by atoms with Crippen LogP contribution in [0.25, 0.3) is 0 Å². The zero-order valence-electron chi connectivity index (χ0n) is 13.8. The van der Waals surface area contributed by atoms with Crippen molar-refractivity contribution in [2.24, 2.45) is 0 Å². The van der Waals surface area contributed by atoms with Crippen LogP contribution in [0, 0.1) is 0 Å². The summed E-state index contributed by atoms with van der Waals surface area (Å²) in [7, 11) is 0. The summed E-state index contributed by atoms with van der Waals surface area (Å²) in [5.41, 5.74) is 6.17. The van der Waals surface area contributed by atoms with E-state index in [1.165, 1.54) is 0 Å². The van der Waals surface area contributed by atoms with E-state index in [9.17, 15) is 14.4 Å². The third-order valence-corrected chi connectivity index (χ3v) is 3.23. The van der Waals surface area contributed by atoms with Gasteiger partial charge in [0.2, 0.25) is 5.91 Å². The van der Waals surface area contributed by atoms with Crippen molar-refractivity contribution in [3.8, 4) is 0 Å². The highest BCUT2D eigenvalue weighted by atomic mass is 16.2. The summed E-state index contributed by atoms with van der Waals surface area (Å²) in [5, 5.41) is 5.32. The smallest absolute Gasteiger partial charge is 0.326 e. The number of benzene rings is 2. The number of carbonyl (C=O) groups is 3. The first-order valence-electron chi connectivity index (χ1n) is 7.91. The number of urea groups is 1. The Kier molecular flexibility index (Phi) is 6.53. The fourth-order valence-electron chi connectivity index (χ4n) is 2.03. The number of hydrogen-bond donors (Lipinski definition) is 4. The van der Waals surface area contributed by atoms with Crippen LogP contribution in [-0.2, 0) is 4.79 Å². The topological polar surface area (TPSA) is 99.3 Å². The molecular formula is C18H20N4O3. The van der Waals surface area contributed by atoms with Gasteiger partial charge < -0.3 is 10.6 Å². The maximum absolute atomic E-state index is 12.0. The number of rotatable bonds is 5. The Labute approximate surface area is 145 Å². The highest BCUT2D eigenvalue weighted by Gasteiger charge is 2.08. The van der Waals surface area contributed by atoms with Gasteiger partial charge in [0.25, 0.3) is 5.91 Å². The van der Waals surface area contributed by atoms with Gasteiger partial charge in [-0.2, -0.15) is 0 Å². The van der Waals surface area contributed by atoms with Crippen molar-refractivity contribution < 1.29 is 14.4 Å². The van der Waals surface area contributed by atoms with Crippen molar-refractivity contribution >= 4 is 29.2 Å². The Balaban J connectivity index is 1.82. The zero-order valence-corrected chi connectivity index (χ0v) is 13.8. The first-order chi connectivity index (χ1) is 12.1. The molecule has 4 N–H and O–H groups in total. The predicted molar refractivity (Wildman–Crippen MR) is 96.0 cm³/mol. The van der Waals surface area contributed by atoms with Crippen LogP contribution in [-0.4, -0.2) is 17.8 Å². The minimum atomic E-state index is -0.553. The molecule has 0 fully saturated rings. The Bertz CT molecular complexity index is 730. The molecule has 0 saturated heterocycles. The Morgan fingerprint density at radius 2 is 1.44 bits per heavy atom. The Morgan fingerprint density at radius 3 is 2.08 bits per heavy atom. The molecule has 0 unspecified atom stereocenters. The molecule has 2 aromatic rings. The summed E-state index contributed by atoms with van der Waals surface area (Å²) in [5.74, 6) is -0.534. The molecule has 0 aliphatic rings. The molecule has 130 valence electrons. The van der Waals surface area contributed by atoms with Gasteiger partial charge in [-0.1, -0.05) is 25.1 Å². The summed E-state index contributed by atoms with van der Waals surface area (Å²) in [6.45, 7) is 1.92. The number of hydrogen-bond acceptors (Lipinski definition) is 3. The van der Waals surface area contributed by atoms with Gasteiger partial charge in [0, 0.05) is 23.4 Å². The number of carbonyl (C=O) groups excluding carboxylic acids is 3. The van der Waals surface area contributed by atoms with Crippen molar-refractivity contribution in [2.45, 2.75) is 19.8 Å². The van der Waals surface area contributed by atoms with Crippen LogP contribution < -0.4 is 21.5 Å². The van der Waals surface area contributed by atoms with Crippen LogP contribution in [0.3, 0.4) is 0 Å². The van der Waals surface area contributed by atoms with Crippen LogP contribution >= 0.6 is 0 Å². The normalized spacial score (nSPS) is 9.80. The average Bonchev–Trinajstić information content (AvgIpc) is 2.61. The van der Waals surface area contributed by atoms with Crippen LogP contribution in [0.5, 0.6) is 0 Å². The molecule has 2 rings (SSSR count). The first kappa shape index (κ1) is 18.0. The van der Waals surface area contributed by atoms with Crippen molar-refractivity contribution in [3.63, 3.8) is 0 Å². The molecule has 7 nitrogen and oxygen atoms in total. The molecule has 0 bridgehead atoms. The SMILES string of the molecule is CCCC(=O)Nc1ccc(C(=O)NNC(=O)Nc2ccccc2)cc1. The molecule has 0 atom stereocenters. The van der Waals surface area contributed by atoms with Gasteiger partial charge >= 0.3 is 6.03 Å². The van der Waals surface area contributed by atoms with Gasteiger partial charge in [0.1, 0.15) is 0 Å². The maximum atomic E-state index is 12.0. The van der Waals surface area contributed by atoms with Crippen molar-refractivity contribution in [1.82, 2.24) is 10.9 Å². The van der Waals surface area contributed by atoms with Crippen molar-refractivity contribution in [2.75, 3.05) is 10.6 Å². The van der Waals surface area contributed by atoms with E-state index in [1.54, 1.807) is 48.5 Å². The summed E-state index contributed by atoms with van der Waals surface area (Å²) in [4.78, 5) is 35.2. The van der Waals surface area contributed by atoms with Gasteiger partial charge in [0.15, 0.2) is 0 Å². The molecule has 25 heavy (non-hydrogen) atoms. The lowest BCUT2D eigenvalue weighted by Crippen LogP contribution is -2.43. The number of nitrogens with one attached hydrogen (secondary N) is 4. The van der Waals surface area contributed by atoms with E-state index in [0.717, 1.165) is 6.42 Å². The molecule has 7 heteroatoms. The van der Waals surface area contributed by atoms with E-state index < -0.39 is 11.9 Å². The molecule has 0 heterocycles.